The molecule has 0 radical (unpaired) electrons. The largest absolute Gasteiger partial charge is 0.491 e. The van der Waals surface area contributed by atoms with E-state index in [0.717, 1.165) is 36.5 Å². The molecule has 2 rings (SSSR count). The maximum absolute atomic E-state index is 5.71. The molecule has 0 aliphatic carbocycles. The predicted molar refractivity (Wildman–Crippen MR) is 86.9 cm³/mol. The van der Waals surface area contributed by atoms with Crippen LogP contribution in [0.3, 0.4) is 0 Å². The van der Waals surface area contributed by atoms with Crippen molar-refractivity contribution in [2.24, 2.45) is 0 Å². The monoisotopic (exact) mass is 357 g/mol. The Morgan fingerprint density at radius 2 is 1.95 bits per heavy atom. The Morgan fingerprint density at radius 3 is 2.67 bits per heavy atom. The van der Waals surface area contributed by atoms with Crippen LogP contribution in [0.1, 0.15) is 13.8 Å². The van der Waals surface area contributed by atoms with Gasteiger partial charge in [-0.15, -0.1) is 0 Å². The van der Waals surface area contributed by atoms with Crippen molar-refractivity contribution in [3.05, 3.63) is 28.7 Å². The van der Waals surface area contributed by atoms with Crippen molar-refractivity contribution >= 4 is 15.9 Å². The molecule has 1 fully saturated rings. The van der Waals surface area contributed by atoms with Gasteiger partial charge in [0.05, 0.1) is 25.4 Å². The second-order valence-electron chi connectivity index (χ2n) is 5.44. The van der Waals surface area contributed by atoms with Gasteiger partial charge in [0.15, 0.2) is 0 Å². The zero-order valence-electron chi connectivity index (χ0n) is 12.8. The van der Waals surface area contributed by atoms with Crippen LogP contribution < -0.4 is 4.74 Å². The molecule has 21 heavy (non-hydrogen) atoms. The molecule has 1 aromatic carbocycles. The van der Waals surface area contributed by atoms with E-state index in [2.05, 4.69) is 34.7 Å². The quantitative estimate of drug-likeness (QED) is 0.702. The van der Waals surface area contributed by atoms with Crippen LogP contribution in [-0.4, -0.2) is 56.6 Å². The van der Waals surface area contributed by atoms with E-state index in [-0.39, 0.29) is 0 Å². The lowest BCUT2D eigenvalue weighted by molar-refractivity contribution is -0.0734. The number of hydrogen-bond donors (Lipinski definition) is 0. The molecule has 0 saturated carbocycles. The fraction of sp³-hybridized carbons (Fsp3) is 0.625. The Morgan fingerprint density at radius 1 is 1.19 bits per heavy atom. The van der Waals surface area contributed by atoms with E-state index >= 15 is 0 Å². The number of benzene rings is 1. The van der Waals surface area contributed by atoms with Crippen molar-refractivity contribution in [3.8, 4) is 5.75 Å². The van der Waals surface area contributed by atoms with Gasteiger partial charge in [-0.25, -0.2) is 0 Å². The van der Waals surface area contributed by atoms with E-state index in [1.54, 1.807) is 0 Å². The van der Waals surface area contributed by atoms with Gasteiger partial charge in [0.1, 0.15) is 12.4 Å². The normalized spacial score (nSPS) is 23.2. The highest BCUT2D eigenvalue weighted by atomic mass is 79.9. The molecule has 4 nitrogen and oxygen atoms in total. The van der Waals surface area contributed by atoms with Crippen LogP contribution in [0.2, 0.25) is 0 Å². The van der Waals surface area contributed by atoms with Crippen molar-refractivity contribution in [3.63, 3.8) is 0 Å². The summed E-state index contributed by atoms with van der Waals surface area (Å²) in [6.07, 6.45) is 0.627. The van der Waals surface area contributed by atoms with Gasteiger partial charge in [0.2, 0.25) is 0 Å². The maximum atomic E-state index is 5.71. The van der Waals surface area contributed by atoms with E-state index in [9.17, 15) is 0 Å². The van der Waals surface area contributed by atoms with Crippen molar-refractivity contribution in [2.45, 2.75) is 26.1 Å². The third-order valence-corrected chi connectivity index (χ3v) is 3.83. The first-order valence-corrected chi connectivity index (χ1v) is 8.26. The van der Waals surface area contributed by atoms with Crippen LogP contribution in [0.15, 0.2) is 28.7 Å². The van der Waals surface area contributed by atoms with Crippen molar-refractivity contribution < 1.29 is 14.2 Å². The zero-order valence-corrected chi connectivity index (χ0v) is 14.3. The van der Waals surface area contributed by atoms with Crippen LogP contribution in [0, 0.1) is 0 Å². The Hall–Kier alpha value is -0.620. The zero-order chi connectivity index (χ0) is 15.1. The lowest BCUT2D eigenvalue weighted by Crippen LogP contribution is -2.46. The third-order valence-electron chi connectivity index (χ3n) is 3.34. The van der Waals surface area contributed by atoms with Crippen molar-refractivity contribution in [2.75, 3.05) is 39.5 Å². The van der Waals surface area contributed by atoms with Gasteiger partial charge in [0.25, 0.3) is 0 Å². The molecular formula is C16H24BrNO3. The molecule has 1 aliphatic rings. The molecule has 5 heteroatoms. The van der Waals surface area contributed by atoms with Crippen LogP contribution >= 0.6 is 15.9 Å². The highest BCUT2D eigenvalue weighted by Gasteiger charge is 2.21. The van der Waals surface area contributed by atoms with Gasteiger partial charge in [-0.05, 0) is 32.0 Å². The number of halogens is 1. The van der Waals surface area contributed by atoms with Crippen LogP contribution in [0.25, 0.3) is 0 Å². The molecule has 1 heterocycles. The number of nitrogens with zero attached hydrogens (tertiary/aromatic N) is 1. The summed E-state index contributed by atoms with van der Waals surface area (Å²) >= 11 is 3.42. The predicted octanol–water partition coefficient (Wildman–Crippen LogP) is 2.95. The van der Waals surface area contributed by atoms with E-state index < -0.39 is 0 Å². The van der Waals surface area contributed by atoms with Gasteiger partial charge >= 0.3 is 0 Å². The average Bonchev–Trinajstić information content (AvgIpc) is 2.42. The summed E-state index contributed by atoms with van der Waals surface area (Å²) in [5.74, 6) is 0.865. The van der Waals surface area contributed by atoms with Gasteiger partial charge in [-0.2, -0.15) is 0 Å². The molecule has 0 spiro atoms. The molecule has 0 N–H and O–H groups in total. The summed E-state index contributed by atoms with van der Waals surface area (Å²) in [6, 6.07) is 7.84. The molecular weight excluding hydrogens is 334 g/mol. The van der Waals surface area contributed by atoms with Gasteiger partial charge in [-0.1, -0.05) is 22.0 Å². The highest BCUT2D eigenvalue weighted by Crippen LogP contribution is 2.17. The van der Waals surface area contributed by atoms with Crippen LogP contribution in [0.5, 0.6) is 5.75 Å². The van der Waals surface area contributed by atoms with Gasteiger partial charge in [0, 0.05) is 24.1 Å². The summed E-state index contributed by atoms with van der Waals surface area (Å²) in [5.41, 5.74) is 0. The Bertz CT molecular complexity index is 420. The minimum Gasteiger partial charge on any atom is -0.491 e. The molecule has 2 atom stereocenters. The molecule has 1 saturated heterocycles. The number of rotatable bonds is 7. The van der Waals surface area contributed by atoms with E-state index in [1.807, 2.05) is 24.3 Å². The standard InChI is InChI=1S/C16H24BrNO3/c1-13-11-18(12-14(2)21-13)6-7-19-8-9-20-16-5-3-4-15(17)10-16/h3-5,10,13-14H,6-9,11-12H2,1-2H3. The lowest BCUT2D eigenvalue weighted by Gasteiger charge is -2.35. The summed E-state index contributed by atoms with van der Waals surface area (Å²) in [5, 5.41) is 0. The first kappa shape index (κ1) is 16.7. The summed E-state index contributed by atoms with van der Waals surface area (Å²) in [7, 11) is 0. The molecule has 0 aromatic heterocycles. The number of hydrogen-bond acceptors (Lipinski definition) is 4. The SMILES string of the molecule is CC1CN(CCOCCOc2cccc(Br)c2)CC(C)O1. The summed E-state index contributed by atoms with van der Waals surface area (Å²) in [4.78, 5) is 2.40. The number of ether oxygens (including phenoxy) is 3. The van der Waals surface area contributed by atoms with Gasteiger partial charge < -0.3 is 14.2 Å². The van der Waals surface area contributed by atoms with Crippen LogP contribution in [-0.2, 0) is 9.47 Å². The highest BCUT2D eigenvalue weighted by molar-refractivity contribution is 9.10. The summed E-state index contributed by atoms with van der Waals surface area (Å²) in [6.45, 7) is 9.10. The maximum Gasteiger partial charge on any atom is 0.120 e. The van der Waals surface area contributed by atoms with E-state index in [1.165, 1.54) is 0 Å². The first-order valence-electron chi connectivity index (χ1n) is 7.47. The van der Waals surface area contributed by atoms with Crippen LogP contribution in [0.4, 0.5) is 0 Å². The topological polar surface area (TPSA) is 30.9 Å². The molecule has 0 amide bonds. The molecule has 2 unspecified atom stereocenters. The Kier molecular flexibility index (Phi) is 6.96. The lowest BCUT2D eigenvalue weighted by atomic mass is 10.2. The molecule has 118 valence electrons. The molecule has 1 aromatic rings. The molecule has 0 bridgehead atoms. The first-order chi connectivity index (χ1) is 10.1. The van der Waals surface area contributed by atoms with Gasteiger partial charge in [-0.3, -0.25) is 4.90 Å². The van der Waals surface area contributed by atoms with Crippen molar-refractivity contribution in [1.29, 1.82) is 0 Å². The Labute approximate surface area is 135 Å². The molecule has 1 aliphatic heterocycles. The summed E-state index contributed by atoms with van der Waals surface area (Å²) < 4.78 is 18.0. The van der Waals surface area contributed by atoms with Crippen molar-refractivity contribution in [1.82, 2.24) is 4.90 Å². The minimum absolute atomic E-state index is 0.314. The second-order valence-corrected chi connectivity index (χ2v) is 6.35. The van der Waals surface area contributed by atoms with E-state index in [0.29, 0.717) is 25.4 Å². The van der Waals surface area contributed by atoms with E-state index in [4.69, 9.17) is 14.2 Å². The second kappa shape index (κ2) is 8.73. The fourth-order valence-electron chi connectivity index (χ4n) is 2.54. The third kappa shape index (κ3) is 6.34. The average molecular weight is 358 g/mol. The fourth-order valence-corrected chi connectivity index (χ4v) is 2.92. The minimum atomic E-state index is 0.314. The number of morpholine rings is 1. The smallest absolute Gasteiger partial charge is 0.120 e. The Balaban J connectivity index is 1.54.